The van der Waals surface area contributed by atoms with Crippen molar-refractivity contribution in [1.82, 2.24) is 10.6 Å². The van der Waals surface area contributed by atoms with Gasteiger partial charge in [-0.2, -0.15) is 0 Å². The molecule has 6 nitrogen and oxygen atoms in total. The fourth-order valence-corrected chi connectivity index (χ4v) is 2.63. The Kier molecular flexibility index (Phi) is 6.26. The lowest BCUT2D eigenvalue weighted by atomic mass is 9.76. The number of aliphatic carboxylic acids is 1. The van der Waals surface area contributed by atoms with Crippen LogP contribution < -0.4 is 10.6 Å². The molecule has 2 atom stereocenters. The highest BCUT2D eigenvalue weighted by Crippen LogP contribution is 2.32. The zero-order valence-electron chi connectivity index (χ0n) is 12.6. The van der Waals surface area contributed by atoms with Crippen molar-refractivity contribution in [2.75, 3.05) is 13.2 Å². The summed E-state index contributed by atoms with van der Waals surface area (Å²) in [5.74, 6) is -0.637. The standard InChI is InChI=1S/C14H26N2O4/c1-10(2)20-8-7-15-13(19)16-14(12(17)18)6-4-5-11(3)9-14/h10-11H,4-9H2,1-3H3,(H,17,18)(H2,15,16,19). The van der Waals surface area contributed by atoms with Crippen molar-refractivity contribution in [3.05, 3.63) is 0 Å². The Balaban J connectivity index is 2.45. The van der Waals surface area contributed by atoms with Crippen molar-refractivity contribution in [3.8, 4) is 0 Å². The normalized spacial score (nSPS) is 26.3. The monoisotopic (exact) mass is 286 g/mol. The first-order valence-electron chi connectivity index (χ1n) is 7.27. The van der Waals surface area contributed by atoms with Gasteiger partial charge in [-0.1, -0.05) is 19.8 Å². The minimum Gasteiger partial charge on any atom is -0.480 e. The van der Waals surface area contributed by atoms with Crippen LogP contribution in [-0.4, -0.2) is 41.9 Å². The van der Waals surface area contributed by atoms with E-state index >= 15 is 0 Å². The van der Waals surface area contributed by atoms with Gasteiger partial charge in [0.1, 0.15) is 5.54 Å². The van der Waals surface area contributed by atoms with Crippen molar-refractivity contribution >= 4 is 12.0 Å². The molecule has 116 valence electrons. The van der Waals surface area contributed by atoms with Gasteiger partial charge in [0.15, 0.2) is 0 Å². The van der Waals surface area contributed by atoms with Gasteiger partial charge >= 0.3 is 12.0 Å². The number of urea groups is 1. The maximum atomic E-state index is 11.8. The third kappa shape index (κ3) is 5.00. The van der Waals surface area contributed by atoms with E-state index in [0.29, 0.717) is 31.9 Å². The number of hydrogen-bond acceptors (Lipinski definition) is 3. The van der Waals surface area contributed by atoms with Gasteiger partial charge in [0, 0.05) is 6.54 Å². The van der Waals surface area contributed by atoms with Crippen LogP contribution in [-0.2, 0) is 9.53 Å². The second-order valence-electron chi connectivity index (χ2n) is 5.89. The number of carbonyl (C=O) groups excluding carboxylic acids is 1. The van der Waals surface area contributed by atoms with Crippen molar-refractivity contribution < 1.29 is 19.4 Å². The number of nitrogens with one attached hydrogen (secondary N) is 2. The maximum absolute atomic E-state index is 11.8. The fourth-order valence-electron chi connectivity index (χ4n) is 2.63. The average Bonchev–Trinajstić information content (AvgIpc) is 2.34. The van der Waals surface area contributed by atoms with Gasteiger partial charge in [0.2, 0.25) is 0 Å². The van der Waals surface area contributed by atoms with Crippen molar-refractivity contribution in [3.63, 3.8) is 0 Å². The molecule has 0 saturated heterocycles. The maximum Gasteiger partial charge on any atom is 0.329 e. The Morgan fingerprint density at radius 3 is 2.70 bits per heavy atom. The molecule has 2 unspecified atom stereocenters. The van der Waals surface area contributed by atoms with Crippen LogP contribution in [0.5, 0.6) is 0 Å². The summed E-state index contributed by atoms with van der Waals surface area (Å²) in [6, 6.07) is -0.436. The largest absolute Gasteiger partial charge is 0.480 e. The summed E-state index contributed by atoms with van der Waals surface area (Å²) in [4.78, 5) is 23.3. The smallest absolute Gasteiger partial charge is 0.329 e. The van der Waals surface area contributed by atoms with E-state index in [0.717, 1.165) is 12.8 Å². The SMILES string of the molecule is CC1CCCC(NC(=O)NCCOC(C)C)(C(=O)O)C1. The molecule has 1 aliphatic carbocycles. The van der Waals surface area contributed by atoms with E-state index in [1.165, 1.54) is 0 Å². The summed E-state index contributed by atoms with van der Waals surface area (Å²) in [5.41, 5.74) is -1.12. The Bertz CT molecular complexity index is 346. The zero-order chi connectivity index (χ0) is 15.2. The molecule has 0 spiro atoms. The van der Waals surface area contributed by atoms with Gasteiger partial charge in [-0.3, -0.25) is 0 Å². The van der Waals surface area contributed by atoms with Crippen LogP contribution >= 0.6 is 0 Å². The molecule has 0 radical (unpaired) electrons. The first-order chi connectivity index (χ1) is 9.35. The summed E-state index contributed by atoms with van der Waals surface area (Å²) in [7, 11) is 0. The van der Waals surface area contributed by atoms with Crippen molar-refractivity contribution in [1.29, 1.82) is 0 Å². The van der Waals surface area contributed by atoms with Crippen LogP contribution in [0.1, 0.15) is 46.5 Å². The highest BCUT2D eigenvalue weighted by Gasteiger charge is 2.43. The summed E-state index contributed by atoms with van der Waals surface area (Å²) in [5, 5.41) is 14.7. The Morgan fingerprint density at radius 2 is 2.15 bits per heavy atom. The number of carboxylic acid groups (broad SMARTS) is 1. The van der Waals surface area contributed by atoms with E-state index in [9.17, 15) is 14.7 Å². The van der Waals surface area contributed by atoms with Crippen LogP contribution in [0, 0.1) is 5.92 Å². The molecule has 1 fully saturated rings. The van der Waals surface area contributed by atoms with Crippen molar-refractivity contribution in [2.45, 2.75) is 58.1 Å². The van der Waals surface area contributed by atoms with Gasteiger partial charge in [0.25, 0.3) is 0 Å². The Morgan fingerprint density at radius 1 is 1.45 bits per heavy atom. The summed E-state index contributed by atoms with van der Waals surface area (Å²) in [6.45, 7) is 6.65. The third-order valence-corrected chi connectivity index (χ3v) is 3.60. The first kappa shape index (κ1) is 16.8. The van der Waals surface area contributed by atoms with Gasteiger partial charge in [-0.15, -0.1) is 0 Å². The fraction of sp³-hybridized carbons (Fsp3) is 0.857. The van der Waals surface area contributed by atoms with Crippen molar-refractivity contribution in [2.24, 2.45) is 5.92 Å². The van der Waals surface area contributed by atoms with Gasteiger partial charge in [0.05, 0.1) is 12.7 Å². The molecule has 1 aliphatic rings. The van der Waals surface area contributed by atoms with E-state index in [1.807, 2.05) is 20.8 Å². The lowest BCUT2D eigenvalue weighted by Crippen LogP contribution is -2.59. The highest BCUT2D eigenvalue weighted by molar-refractivity contribution is 5.86. The Hall–Kier alpha value is -1.30. The molecule has 0 heterocycles. The van der Waals surface area contributed by atoms with E-state index in [4.69, 9.17) is 4.74 Å². The van der Waals surface area contributed by atoms with Crippen LogP contribution in [0.3, 0.4) is 0 Å². The minimum atomic E-state index is -1.12. The number of hydrogen-bond donors (Lipinski definition) is 3. The molecule has 0 aromatic rings. The number of rotatable bonds is 6. The molecular weight excluding hydrogens is 260 g/mol. The van der Waals surface area contributed by atoms with Crippen LogP contribution in [0.2, 0.25) is 0 Å². The van der Waals surface area contributed by atoms with Crippen LogP contribution in [0.4, 0.5) is 4.79 Å². The lowest BCUT2D eigenvalue weighted by molar-refractivity contribution is -0.146. The van der Waals surface area contributed by atoms with Gasteiger partial charge in [-0.05, 0) is 32.6 Å². The zero-order valence-corrected chi connectivity index (χ0v) is 12.6. The quantitative estimate of drug-likeness (QED) is 0.649. The third-order valence-electron chi connectivity index (χ3n) is 3.60. The summed E-state index contributed by atoms with van der Waals surface area (Å²) >= 11 is 0. The topological polar surface area (TPSA) is 87.7 Å². The molecule has 6 heteroatoms. The molecule has 2 amide bonds. The molecule has 1 rings (SSSR count). The van der Waals surface area contributed by atoms with E-state index < -0.39 is 17.5 Å². The predicted octanol–water partition coefficient (Wildman–Crippen LogP) is 1.74. The van der Waals surface area contributed by atoms with Crippen LogP contribution in [0.15, 0.2) is 0 Å². The number of carboxylic acids is 1. The molecule has 3 N–H and O–H groups in total. The highest BCUT2D eigenvalue weighted by atomic mass is 16.5. The molecule has 0 aromatic heterocycles. The molecule has 0 bridgehead atoms. The van der Waals surface area contributed by atoms with E-state index in [2.05, 4.69) is 10.6 Å². The van der Waals surface area contributed by atoms with E-state index in [-0.39, 0.29) is 6.10 Å². The molecular formula is C14H26N2O4. The van der Waals surface area contributed by atoms with Crippen LogP contribution in [0.25, 0.3) is 0 Å². The predicted molar refractivity (Wildman–Crippen MR) is 75.6 cm³/mol. The Labute approximate surface area is 120 Å². The number of ether oxygens (including phenoxy) is 1. The average molecular weight is 286 g/mol. The second-order valence-corrected chi connectivity index (χ2v) is 5.89. The molecule has 1 saturated carbocycles. The number of amides is 2. The molecule has 0 aromatic carbocycles. The van der Waals surface area contributed by atoms with Gasteiger partial charge < -0.3 is 20.5 Å². The number of carbonyl (C=O) groups is 2. The lowest BCUT2D eigenvalue weighted by Gasteiger charge is -2.37. The summed E-state index contributed by atoms with van der Waals surface area (Å²) < 4.78 is 5.31. The minimum absolute atomic E-state index is 0.115. The molecule has 20 heavy (non-hydrogen) atoms. The van der Waals surface area contributed by atoms with E-state index in [1.54, 1.807) is 0 Å². The van der Waals surface area contributed by atoms with Gasteiger partial charge in [-0.25, -0.2) is 9.59 Å². The summed E-state index contributed by atoms with van der Waals surface area (Å²) in [6.07, 6.45) is 2.93. The first-order valence-corrected chi connectivity index (χ1v) is 7.27. The second kappa shape index (κ2) is 7.47. The molecule has 0 aliphatic heterocycles.